The number of hydrogen-bond acceptors (Lipinski definition) is 3. The molecule has 2 aromatic rings. The van der Waals surface area contributed by atoms with Crippen LogP contribution in [0.25, 0.3) is 0 Å². The van der Waals surface area contributed by atoms with Crippen LogP contribution in [-0.2, 0) is 11.3 Å². The lowest BCUT2D eigenvalue weighted by Gasteiger charge is -2.42. The molecule has 0 N–H and O–H groups in total. The lowest BCUT2D eigenvalue weighted by molar-refractivity contribution is -0.131. The Bertz CT molecular complexity index is 849. The number of pyridine rings is 1. The molecule has 0 saturated carbocycles. The van der Waals surface area contributed by atoms with Gasteiger partial charge in [-0.3, -0.25) is 9.59 Å². The molecule has 4 nitrogen and oxygen atoms in total. The highest BCUT2D eigenvalue weighted by molar-refractivity contribution is 8.00. The van der Waals surface area contributed by atoms with Crippen LogP contribution in [-0.4, -0.2) is 34.2 Å². The molecule has 2 bridgehead atoms. The van der Waals surface area contributed by atoms with Crippen LogP contribution in [0.15, 0.2) is 52.2 Å². The van der Waals surface area contributed by atoms with E-state index >= 15 is 0 Å². The number of hydrogen-bond donors (Lipinski definition) is 0. The molecule has 2 aliphatic heterocycles. The average molecular weight is 358 g/mol. The Kier molecular flexibility index (Phi) is 4.37. The second-order valence-electron chi connectivity index (χ2n) is 6.74. The van der Waals surface area contributed by atoms with Crippen molar-refractivity contribution in [1.82, 2.24) is 9.47 Å². The quantitative estimate of drug-likeness (QED) is 0.793. The molecule has 130 valence electrons. The highest BCUT2D eigenvalue weighted by atomic mass is 32.2. The van der Waals surface area contributed by atoms with Crippen LogP contribution in [0, 0.1) is 11.7 Å². The topological polar surface area (TPSA) is 42.3 Å². The zero-order valence-electron chi connectivity index (χ0n) is 13.7. The summed E-state index contributed by atoms with van der Waals surface area (Å²) < 4.78 is 14.8. The van der Waals surface area contributed by atoms with Crippen molar-refractivity contribution in [2.45, 2.75) is 23.8 Å². The molecule has 6 heteroatoms. The number of likely N-dealkylation sites (tertiary alicyclic amines) is 1. The van der Waals surface area contributed by atoms with Crippen molar-refractivity contribution in [3.05, 3.63) is 64.3 Å². The Morgan fingerprint density at radius 3 is 2.72 bits per heavy atom. The highest BCUT2D eigenvalue weighted by Gasteiger charge is 2.35. The first-order valence-corrected chi connectivity index (χ1v) is 9.44. The summed E-state index contributed by atoms with van der Waals surface area (Å²) >= 11 is 1.43. The van der Waals surface area contributed by atoms with E-state index in [4.69, 9.17) is 0 Å². The van der Waals surface area contributed by atoms with Crippen LogP contribution in [0.1, 0.15) is 18.0 Å². The number of piperidine rings is 1. The maximum absolute atomic E-state index is 12.9. The van der Waals surface area contributed by atoms with Gasteiger partial charge in [-0.15, -0.1) is 11.8 Å². The zero-order chi connectivity index (χ0) is 17.4. The Balaban J connectivity index is 1.44. The maximum Gasteiger partial charge on any atom is 0.250 e. The molecule has 1 amide bonds. The number of rotatable bonds is 3. The van der Waals surface area contributed by atoms with Crippen molar-refractivity contribution >= 4 is 17.7 Å². The molecular formula is C19H19FN2O2S. The molecule has 1 aromatic carbocycles. The van der Waals surface area contributed by atoms with Crippen molar-refractivity contribution in [2.24, 2.45) is 5.92 Å². The zero-order valence-corrected chi connectivity index (χ0v) is 14.5. The van der Waals surface area contributed by atoms with Crippen LogP contribution >= 0.6 is 11.8 Å². The first-order valence-electron chi connectivity index (χ1n) is 8.46. The van der Waals surface area contributed by atoms with E-state index in [-0.39, 0.29) is 23.2 Å². The molecule has 1 fully saturated rings. The van der Waals surface area contributed by atoms with E-state index in [1.807, 2.05) is 15.5 Å². The number of benzene rings is 1. The highest BCUT2D eigenvalue weighted by Crippen LogP contribution is 2.35. The van der Waals surface area contributed by atoms with Gasteiger partial charge in [-0.05, 0) is 42.7 Å². The molecule has 0 aliphatic carbocycles. The smallest absolute Gasteiger partial charge is 0.250 e. The number of fused-ring (bicyclic) bond motifs is 4. The van der Waals surface area contributed by atoms with Gasteiger partial charge in [0.1, 0.15) is 5.82 Å². The van der Waals surface area contributed by atoms with Crippen LogP contribution in [0.2, 0.25) is 0 Å². The van der Waals surface area contributed by atoms with Gasteiger partial charge in [0, 0.05) is 42.2 Å². The molecule has 1 aromatic heterocycles. The molecule has 0 unspecified atom stereocenters. The van der Waals surface area contributed by atoms with E-state index in [0.29, 0.717) is 31.3 Å². The Morgan fingerprint density at radius 1 is 1.12 bits per heavy atom. The van der Waals surface area contributed by atoms with Gasteiger partial charge in [-0.2, -0.15) is 0 Å². The van der Waals surface area contributed by atoms with E-state index in [2.05, 4.69) is 0 Å². The average Bonchev–Trinajstić information content (AvgIpc) is 2.62. The van der Waals surface area contributed by atoms with E-state index in [1.54, 1.807) is 24.3 Å². The second kappa shape index (κ2) is 6.67. The van der Waals surface area contributed by atoms with Gasteiger partial charge < -0.3 is 9.47 Å². The normalized spacial score (nSPS) is 21.7. The maximum atomic E-state index is 12.9. The van der Waals surface area contributed by atoms with Crippen molar-refractivity contribution < 1.29 is 9.18 Å². The number of thioether (sulfide) groups is 1. The number of nitrogens with zero attached hydrogens (tertiary/aromatic N) is 2. The number of aromatic nitrogens is 1. The molecule has 25 heavy (non-hydrogen) atoms. The standard InChI is InChI=1S/C19H19FN2O2S/c20-15-4-6-16(7-5-15)25-12-19(24)21-9-13-8-14(11-21)17-2-1-3-18(23)22(17)10-13/h1-7,13-14H,8-12H2/t13-,14+/m1/s1. The van der Waals surface area contributed by atoms with E-state index < -0.39 is 0 Å². The van der Waals surface area contributed by atoms with Crippen molar-refractivity contribution in [3.8, 4) is 0 Å². The fourth-order valence-electron chi connectivity index (χ4n) is 3.87. The fourth-order valence-corrected chi connectivity index (χ4v) is 4.67. The molecule has 4 rings (SSSR count). The Labute approximate surface area is 149 Å². The minimum Gasteiger partial charge on any atom is -0.341 e. The molecule has 2 aliphatic rings. The van der Waals surface area contributed by atoms with Crippen LogP contribution in [0.5, 0.6) is 0 Å². The predicted molar refractivity (Wildman–Crippen MR) is 95.3 cm³/mol. The fraction of sp³-hybridized carbons (Fsp3) is 0.368. The van der Waals surface area contributed by atoms with Gasteiger partial charge in [0.05, 0.1) is 5.75 Å². The van der Waals surface area contributed by atoms with Gasteiger partial charge in [-0.25, -0.2) is 4.39 Å². The summed E-state index contributed by atoms with van der Waals surface area (Å²) in [5.74, 6) is 0.767. The summed E-state index contributed by atoms with van der Waals surface area (Å²) in [6, 6.07) is 11.6. The van der Waals surface area contributed by atoms with Crippen molar-refractivity contribution in [3.63, 3.8) is 0 Å². The molecule has 2 atom stereocenters. The number of halogens is 1. The van der Waals surface area contributed by atoms with Crippen LogP contribution in [0.4, 0.5) is 4.39 Å². The van der Waals surface area contributed by atoms with Crippen LogP contribution < -0.4 is 5.56 Å². The van der Waals surface area contributed by atoms with Gasteiger partial charge in [0.25, 0.3) is 5.56 Å². The lowest BCUT2D eigenvalue weighted by Crippen LogP contribution is -2.49. The summed E-state index contributed by atoms with van der Waals surface area (Å²) in [7, 11) is 0. The summed E-state index contributed by atoms with van der Waals surface area (Å²) in [5.41, 5.74) is 1.10. The van der Waals surface area contributed by atoms with Crippen molar-refractivity contribution in [2.75, 3.05) is 18.8 Å². The monoisotopic (exact) mass is 358 g/mol. The Morgan fingerprint density at radius 2 is 1.92 bits per heavy atom. The summed E-state index contributed by atoms with van der Waals surface area (Å²) in [6.45, 7) is 2.07. The van der Waals surface area contributed by atoms with Gasteiger partial charge in [0.15, 0.2) is 0 Å². The summed E-state index contributed by atoms with van der Waals surface area (Å²) in [4.78, 5) is 27.5. The van der Waals surface area contributed by atoms with E-state index in [9.17, 15) is 14.0 Å². The number of carbonyl (C=O) groups is 1. The SMILES string of the molecule is O=C(CSc1ccc(F)cc1)N1C[C@H]2C[C@@H](C1)c1cccc(=O)n1C2. The lowest BCUT2D eigenvalue weighted by atomic mass is 9.83. The third-order valence-corrected chi connectivity index (χ3v) is 6.01. The summed E-state index contributed by atoms with van der Waals surface area (Å²) in [5, 5.41) is 0. The van der Waals surface area contributed by atoms with Crippen LogP contribution in [0.3, 0.4) is 0 Å². The summed E-state index contributed by atoms with van der Waals surface area (Å²) in [6.07, 6.45) is 1.04. The molecule has 3 heterocycles. The first kappa shape index (κ1) is 16.4. The Hall–Kier alpha value is -2.08. The van der Waals surface area contributed by atoms with Gasteiger partial charge in [-0.1, -0.05) is 6.07 Å². The van der Waals surface area contributed by atoms with Gasteiger partial charge in [0.2, 0.25) is 5.91 Å². The third-order valence-electron chi connectivity index (χ3n) is 5.01. The molecule has 0 spiro atoms. The predicted octanol–water partition coefficient (Wildman–Crippen LogP) is 2.73. The van der Waals surface area contributed by atoms with Crippen molar-refractivity contribution in [1.29, 1.82) is 0 Å². The molecular weight excluding hydrogens is 339 g/mol. The van der Waals surface area contributed by atoms with E-state index in [0.717, 1.165) is 17.0 Å². The minimum atomic E-state index is -0.270. The third kappa shape index (κ3) is 3.35. The second-order valence-corrected chi connectivity index (χ2v) is 7.79. The molecule has 0 radical (unpaired) electrons. The minimum absolute atomic E-state index is 0.0545. The van der Waals surface area contributed by atoms with E-state index in [1.165, 1.54) is 23.9 Å². The number of carbonyl (C=O) groups excluding carboxylic acids is 1. The first-order chi connectivity index (χ1) is 12.1. The largest absolute Gasteiger partial charge is 0.341 e. The van der Waals surface area contributed by atoms with Gasteiger partial charge >= 0.3 is 0 Å². The molecule has 1 saturated heterocycles. The number of amides is 1.